The van der Waals surface area contributed by atoms with Crippen molar-refractivity contribution in [3.8, 4) is 10.7 Å². The van der Waals surface area contributed by atoms with E-state index in [4.69, 9.17) is 4.52 Å². The van der Waals surface area contributed by atoms with Crippen LogP contribution in [0.4, 0.5) is 5.82 Å². The van der Waals surface area contributed by atoms with Gasteiger partial charge in [0.25, 0.3) is 0 Å². The molecule has 31 heavy (non-hydrogen) atoms. The van der Waals surface area contributed by atoms with Crippen molar-refractivity contribution in [2.24, 2.45) is 0 Å². The van der Waals surface area contributed by atoms with E-state index in [1.54, 1.807) is 28.3 Å². The van der Waals surface area contributed by atoms with Crippen LogP contribution < -0.4 is 5.32 Å². The topological polar surface area (TPSA) is 85.8 Å². The number of rotatable bonds is 7. The van der Waals surface area contributed by atoms with E-state index < -0.39 is 0 Å². The molecule has 0 bridgehead atoms. The van der Waals surface area contributed by atoms with Gasteiger partial charge >= 0.3 is 0 Å². The van der Waals surface area contributed by atoms with Crippen LogP contribution in [-0.4, -0.2) is 25.8 Å². The molecule has 0 spiro atoms. The molecule has 0 aliphatic heterocycles. The van der Waals surface area contributed by atoms with Crippen molar-refractivity contribution >= 4 is 33.8 Å². The third-order valence-corrected chi connectivity index (χ3v) is 5.83. The number of amides is 1. The first-order valence-electron chi connectivity index (χ1n) is 9.91. The molecule has 0 unspecified atom stereocenters. The molecule has 3 heterocycles. The average molecular weight is 430 g/mol. The van der Waals surface area contributed by atoms with Gasteiger partial charge in [-0.1, -0.05) is 53.7 Å². The van der Waals surface area contributed by atoms with Gasteiger partial charge in [0.2, 0.25) is 17.6 Å². The number of hydrogen-bond donors (Lipinski definition) is 1. The SMILES string of the molecule is O=C(CCc1nc(-c2cccs2)no1)Nc1ccnn1Cc1cccc2ccccc12. The molecule has 3 aromatic heterocycles. The second kappa shape index (κ2) is 8.53. The third kappa shape index (κ3) is 4.24. The Morgan fingerprint density at radius 3 is 2.87 bits per heavy atom. The number of anilines is 1. The predicted octanol–water partition coefficient (Wildman–Crippen LogP) is 4.77. The van der Waals surface area contributed by atoms with Crippen molar-refractivity contribution in [3.05, 3.63) is 83.7 Å². The lowest BCUT2D eigenvalue weighted by Gasteiger charge is -2.11. The highest BCUT2D eigenvalue weighted by molar-refractivity contribution is 7.13. The first-order valence-corrected chi connectivity index (χ1v) is 10.8. The lowest BCUT2D eigenvalue weighted by Crippen LogP contribution is -2.16. The van der Waals surface area contributed by atoms with Crippen LogP contribution in [0.2, 0.25) is 0 Å². The molecule has 0 fully saturated rings. The minimum atomic E-state index is -0.129. The molecular formula is C23H19N5O2S. The van der Waals surface area contributed by atoms with E-state index in [9.17, 15) is 4.79 Å². The van der Waals surface area contributed by atoms with Gasteiger partial charge in [-0.15, -0.1) is 11.3 Å². The molecule has 1 amide bonds. The number of nitrogens with zero attached hydrogens (tertiary/aromatic N) is 4. The zero-order valence-corrected chi connectivity index (χ0v) is 17.4. The van der Waals surface area contributed by atoms with Crippen molar-refractivity contribution in [2.45, 2.75) is 19.4 Å². The van der Waals surface area contributed by atoms with Gasteiger partial charge in [0.05, 0.1) is 17.6 Å². The van der Waals surface area contributed by atoms with Gasteiger partial charge in [-0.3, -0.25) is 4.79 Å². The molecule has 0 atom stereocenters. The number of thiophene rings is 1. The summed E-state index contributed by atoms with van der Waals surface area (Å²) in [6.45, 7) is 0.567. The van der Waals surface area contributed by atoms with Crippen LogP contribution in [0.3, 0.4) is 0 Å². The molecule has 0 saturated carbocycles. The Labute approximate surface area is 182 Å². The number of fused-ring (bicyclic) bond motifs is 1. The molecule has 0 saturated heterocycles. The van der Waals surface area contributed by atoms with Crippen LogP contribution >= 0.6 is 11.3 Å². The fraction of sp³-hybridized carbons (Fsp3) is 0.130. The zero-order chi connectivity index (χ0) is 21.0. The number of aryl methyl sites for hydroxylation is 1. The Balaban J connectivity index is 1.23. The first kappa shape index (κ1) is 19.2. The van der Waals surface area contributed by atoms with E-state index in [-0.39, 0.29) is 12.3 Å². The Morgan fingerprint density at radius 2 is 1.97 bits per heavy atom. The van der Waals surface area contributed by atoms with Gasteiger partial charge in [-0.2, -0.15) is 10.1 Å². The molecular weight excluding hydrogens is 410 g/mol. The average Bonchev–Trinajstić information content (AvgIpc) is 3.55. The van der Waals surface area contributed by atoms with Crippen LogP contribution in [0.5, 0.6) is 0 Å². The molecule has 7 nitrogen and oxygen atoms in total. The van der Waals surface area contributed by atoms with Gasteiger partial charge in [0.1, 0.15) is 5.82 Å². The van der Waals surface area contributed by atoms with Gasteiger partial charge in [0, 0.05) is 18.9 Å². The molecule has 5 aromatic rings. The lowest BCUT2D eigenvalue weighted by molar-refractivity contribution is -0.116. The summed E-state index contributed by atoms with van der Waals surface area (Å²) in [5.74, 6) is 1.53. The van der Waals surface area contributed by atoms with Crippen molar-refractivity contribution in [3.63, 3.8) is 0 Å². The summed E-state index contributed by atoms with van der Waals surface area (Å²) in [4.78, 5) is 17.8. The van der Waals surface area contributed by atoms with Crippen LogP contribution in [0.1, 0.15) is 17.9 Å². The second-order valence-corrected chi connectivity index (χ2v) is 8.00. The molecule has 0 aliphatic carbocycles. The number of hydrogen-bond acceptors (Lipinski definition) is 6. The van der Waals surface area contributed by atoms with Crippen molar-refractivity contribution in [1.82, 2.24) is 19.9 Å². The maximum atomic E-state index is 12.5. The Hall–Kier alpha value is -3.78. The minimum absolute atomic E-state index is 0.129. The van der Waals surface area contributed by atoms with Crippen LogP contribution in [0.15, 0.2) is 76.8 Å². The number of aromatic nitrogens is 4. The highest BCUT2D eigenvalue weighted by atomic mass is 32.1. The fourth-order valence-corrected chi connectivity index (χ4v) is 4.09. The van der Waals surface area contributed by atoms with Crippen molar-refractivity contribution in [2.75, 3.05) is 5.32 Å². The molecule has 0 radical (unpaired) electrons. The van der Waals surface area contributed by atoms with Crippen LogP contribution in [-0.2, 0) is 17.8 Å². The number of benzene rings is 2. The number of carbonyl (C=O) groups is 1. The van der Waals surface area contributed by atoms with Gasteiger partial charge < -0.3 is 9.84 Å². The Morgan fingerprint density at radius 1 is 1.06 bits per heavy atom. The van der Waals surface area contributed by atoms with E-state index in [1.807, 2.05) is 35.7 Å². The molecule has 154 valence electrons. The van der Waals surface area contributed by atoms with Gasteiger partial charge in [-0.25, -0.2) is 4.68 Å². The number of carbonyl (C=O) groups excluding carboxylic acids is 1. The highest BCUT2D eigenvalue weighted by Gasteiger charge is 2.13. The quantitative estimate of drug-likeness (QED) is 0.403. The van der Waals surface area contributed by atoms with Crippen molar-refractivity contribution in [1.29, 1.82) is 0 Å². The maximum Gasteiger partial charge on any atom is 0.227 e. The van der Waals surface area contributed by atoms with E-state index in [0.29, 0.717) is 30.5 Å². The second-order valence-electron chi connectivity index (χ2n) is 7.05. The van der Waals surface area contributed by atoms with Gasteiger partial charge in [-0.05, 0) is 27.8 Å². The van der Waals surface area contributed by atoms with Crippen LogP contribution in [0.25, 0.3) is 21.5 Å². The minimum Gasteiger partial charge on any atom is -0.339 e. The standard InChI is InChI=1S/C23H19N5O2S/c29-21(10-11-22-26-23(27-30-22)19-9-4-14-31-19)25-20-12-13-24-28(20)15-17-7-3-6-16-5-1-2-8-18(16)17/h1-9,12-14H,10-11,15H2,(H,25,29). The summed E-state index contributed by atoms with van der Waals surface area (Å²) in [7, 11) is 0. The lowest BCUT2D eigenvalue weighted by atomic mass is 10.0. The molecule has 0 aliphatic rings. The number of nitrogens with one attached hydrogen (secondary N) is 1. The summed E-state index contributed by atoms with van der Waals surface area (Å²) in [5, 5.41) is 15.6. The summed E-state index contributed by atoms with van der Waals surface area (Å²) in [6.07, 6.45) is 2.30. The van der Waals surface area contributed by atoms with Gasteiger partial charge in [0.15, 0.2) is 0 Å². The Kier molecular flexibility index (Phi) is 5.28. The smallest absolute Gasteiger partial charge is 0.227 e. The van der Waals surface area contributed by atoms with Crippen molar-refractivity contribution < 1.29 is 9.32 Å². The van der Waals surface area contributed by atoms with Crippen LogP contribution in [0, 0.1) is 0 Å². The van der Waals surface area contributed by atoms with E-state index >= 15 is 0 Å². The summed E-state index contributed by atoms with van der Waals surface area (Å²) in [5.41, 5.74) is 1.14. The molecule has 5 rings (SSSR count). The van der Waals surface area contributed by atoms with E-state index in [0.717, 1.165) is 10.4 Å². The van der Waals surface area contributed by atoms with E-state index in [2.05, 4.69) is 44.8 Å². The highest BCUT2D eigenvalue weighted by Crippen LogP contribution is 2.22. The van der Waals surface area contributed by atoms with E-state index in [1.165, 1.54) is 10.8 Å². The first-order chi connectivity index (χ1) is 15.3. The Bertz CT molecular complexity index is 1320. The molecule has 1 N–H and O–H groups in total. The third-order valence-electron chi connectivity index (χ3n) is 4.96. The normalized spacial score (nSPS) is 11.1. The maximum absolute atomic E-state index is 12.5. The summed E-state index contributed by atoms with van der Waals surface area (Å²) < 4.78 is 7.06. The largest absolute Gasteiger partial charge is 0.339 e. The fourth-order valence-electron chi connectivity index (χ4n) is 3.44. The monoisotopic (exact) mass is 429 g/mol. The predicted molar refractivity (Wildman–Crippen MR) is 120 cm³/mol. The summed E-state index contributed by atoms with van der Waals surface area (Å²) >= 11 is 1.55. The molecule has 8 heteroatoms. The zero-order valence-electron chi connectivity index (χ0n) is 16.6. The molecule has 2 aromatic carbocycles. The summed E-state index contributed by atoms with van der Waals surface area (Å²) in [6, 6.07) is 20.1.